The second kappa shape index (κ2) is 6.56. The minimum atomic E-state index is -0.472. The highest BCUT2D eigenvalue weighted by atomic mass is 16.5. The van der Waals surface area contributed by atoms with Crippen molar-refractivity contribution in [2.45, 2.75) is 12.8 Å². The van der Waals surface area contributed by atoms with E-state index in [4.69, 9.17) is 10.5 Å². The number of amides is 1. The van der Waals surface area contributed by atoms with Crippen LogP contribution < -0.4 is 11.1 Å². The minimum Gasteiger partial charge on any atom is -0.448 e. The average molecular weight is 344 g/mol. The quantitative estimate of drug-likeness (QED) is 0.662. The van der Waals surface area contributed by atoms with Gasteiger partial charge in [0.2, 0.25) is 0 Å². The number of nitrogens with two attached hydrogens (primary N) is 1. The number of ether oxygens (including phenoxy) is 1. The van der Waals surface area contributed by atoms with E-state index < -0.39 is 6.09 Å². The number of nitrogen functional groups attached to an aromatic ring is 1. The van der Waals surface area contributed by atoms with E-state index in [0.29, 0.717) is 18.0 Å². The lowest BCUT2D eigenvalue weighted by atomic mass is 9.98. The van der Waals surface area contributed by atoms with Crippen LogP contribution in [0, 0.1) is 6.92 Å². The number of rotatable bonds is 3. The van der Waals surface area contributed by atoms with Gasteiger partial charge in [0.1, 0.15) is 6.61 Å². The summed E-state index contributed by atoms with van der Waals surface area (Å²) in [6.07, 6.45) is -0.472. The van der Waals surface area contributed by atoms with Crippen LogP contribution in [0.5, 0.6) is 0 Å². The van der Waals surface area contributed by atoms with E-state index in [9.17, 15) is 4.79 Å². The number of fused-ring (bicyclic) bond motifs is 3. The predicted octanol–water partition coefficient (Wildman–Crippen LogP) is 4.94. The van der Waals surface area contributed by atoms with Crippen LogP contribution in [0.4, 0.5) is 16.2 Å². The molecule has 0 bridgehead atoms. The molecule has 4 nitrogen and oxygen atoms in total. The number of aryl methyl sites for hydroxylation is 1. The summed E-state index contributed by atoms with van der Waals surface area (Å²) in [5.74, 6) is 0.0510. The van der Waals surface area contributed by atoms with E-state index in [2.05, 4.69) is 29.6 Å². The topological polar surface area (TPSA) is 64.3 Å². The number of benzene rings is 3. The minimum absolute atomic E-state index is 0.0510. The maximum atomic E-state index is 12.3. The Hall–Kier alpha value is -3.27. The van der Waals surface area contributed by atoms with Gasteiger partial charge >= 0.3 is 6.09 Å². The van der Waals surface area contributed by atoms with Gasteiger partial charge in [-0.05, 0) is 46.9 Å². The lowest BCUT2D eigenvalue weighted by molar-refractivity contribution is 0.158. The van der Waals surface area contributed by atoms with Crippen LogP contribution in [-0.4, -0.2) is 12.7 Å². The summed E-state index contributed by atoms with van der Waals surface area (Å²) in [4.78, 5) is 12.3. The average Bonchev–Trinajstić information content (AvgIpc) is 2.97. The molecule has 0 fully saturated rings. The number of carbonyl (C=O) groups excluding carboxylic acids is 1. The first-order valence-electron chi connectivity index (χ1n) is 8.61. The molecule has 0 saturated carbocycles. The highest BCUT2D eigenvalue weighted by molar-refractivity contribution is 5.86. The second-order valence-corrected chi connectivity index (χ2v) is 6.52. The van der Waals surface area contributed by atoms with Gasteiger partial charge in [-0.3, -0.25) is 5.32 Å². The first-order chi connectivity index (χ1) is 12.6. The van der Waals surface area contributed by atoms with Crippen molar-refractivity contribution in [1.29, 1.82) is 0 Å². The van der Waals surface area contributed by atoms with Gasteiger partial charge < -0.3 is 10.5 Å². The summed E-state index contributed by atoms with van der Waals surface area (Å²) in [6.45, 7) is 2.21. The monoisotopic (exact) mass is 344 g/mol. The molecule has 3 N–H and O–H groups in total. The van der Waals surface area contributed by atoms with Gasteiger partial charge in [0.15, 0.2) is 0 Å². The molecule has 130 valence electrons. The molecule has 0 atom stereocenters. The fourth-order valence-corrected chi connectivity index (χ4v) is 3.52. The number of carbonyl (C=O) groups is 1. The van der Waals surface area contributed by atoms with Gasteiger partial charge in [-0.25, -0.2) is 4.79 Å². The number of hydrogen-bond acceptors (Lipinski definition) is 3. The SMILES string of the molecule is Cc1ccc(N)cc1NC(=O)OCC1c2ccccc2-c2ccccc21. The van der Waals surface area contributed by atoms with Crippen LogP contribution in [0.25, 0.3) is 11.1 Å². The summed E-state index contributed by atoms with van der Waals surface area (Å²) in [5.41, 5.74) is 12.8. The Labute approximate surface area is 152 Å². The molecule has 4 heteroatoms. The van der Waals surface area contributed by atoms with Crippen LogP contribution in [0.2, 0.25) is 0 Å². The van der Waals surface area contributed by atoms with Crippen molar-refractivity contribution in [2.24, 2.45) is 0 Å². The molecule has 3 aromatic carbocycles. The summed E-state index contributed by atoms with van der Waals surface area (Å²) in [5, 5.41) is 2.78. The molecule has 4 rings (SSSR count). The van der Waals surface area contributed by atoms with Gasteiger partial charge in [-0.1, -0.05) is 54.6 Å². The lowest BCUT2D eigenvalue weighted by Gasteiger charge is -2.15. The number of hydrogen-bond donors (Lipinski definition) is 2. The molecule has 1 amide bonds. The molecule has 26 heavy (non-hydrogen) atoms. The summed E-state index contributed by atoms with van der Waals surface area (Å²) in [7, 11) is 0. The number of anilines is 2. The standard InChI is InChI=1S/C22H20N2O2/c1-14-10-11-15(23)12-21(14)24-22(25)26-13-20-18-8-4-2-6-16(18)17-7-3-5-9-19(17)20/h2-12,20H,13,23H2,1H3,(H,24,25). The van der Waals surface area contributed by atoms with Crippen molar-refractivity contribution in [3.8, 4) is 11.1 Å². The summed E-state index contributed by atoms with van der Waals surface area (Å²) in [6, 6.07) is 22.0. The molecule has 0 aliphatic heterocycles. The Bertz CT molecular complexity index is 936. The first-order valence-corrected chi connectivity index (χ1v) is 8.61. The Morgan fingerprint density at radius 2 is 1.62 bits per heavy atom. The lowest BCUT2D eigenvalue weighted by Crippen LogP contribution is -2.18. The van der Waals surface area contributed by atoms with E-state index in [1.807, 2.05) is 37.3 Å². The van der Waals surface area contributed by atoms with E-state index in [1.54, 1.807) is 12.1 Å². The van der Waals surface area contributed by atoms with Gasteiger partial charge in [-0.2, -0.15) is 0 Å². The predicted molar refractivity (Wildman–Crippen MR) is 104 cm³/mol. The third-order valence-electron chi connectivity index (χ3n) is 4.84. The van der Waals surface area contributed by atoms with Gasteiger partial charge in [0.05, 0.1) is 0 Å². The molecule has 0 aromatic heterocycles. The van der Waals surface area contributed by atoms with Crippen LogP contribution in [0.1, 0.15) is 22.6 Å². The van der Waals surface area contributed by atoms with Crippen molar-refractivity contribution in [1.82, 2.24) is 0 Å². The van der Waals surface area contributed by atoms with Crippen molar-refractivity contribution >= 4 is 17.5 Å². The van der Waals surface area contributed by atoms with E-state index >= 15 is 0 Å². The molecule has 0 spiro atoms. The fraction of sp³-hybridized carbons (Fsp3) is 0.136. The maximum absolute atomic E-state index is 12.3. The molecular formula is C22H20N2O2. The van der Waals surface area contributed by atoms with E-state index in [-0.39, 0.29) is 5.92 Å². The number of nitrogens with one attached hydrogen (secondary N) is 1. The van der Waals surface area contributed by atoms with Gasteiger partial charge in [0, 0.05) is 17.3 Å². The summed E-state index contributed by atoms with van der Waals surface area (Å²) < 4.78 is 5.55. The van der Waals surface area contributed by atoms with Crippen molar-refractivity contribution in [2.75, 3.05) is 17.7 Å². The molecule has 0 saturated heterocycles. The summed E-state index contributed by atoms with van der Waals surface area (Å²) >= 11 is 0. The Morgan fingerprint density at radius 3 is 2.27 bits per heavy atom. The molecule has 3 aromatic rings. The highest BCUT2D eigenvalue weighted by Gasteiger charge is 2.29. The molecule has 0 unspecified atom stereocenters. The third kappa shape index (κ3) is 2.90. The smallest absolute Gasteiger partial charge is 0.411 e. The largest absolute Gasteiger partial charge is 0.448 e. The molecule has 1 aliphatic carbocycles. The zero-order valence-electron chi connectivity index (χ0n) is 14.5. The van der Waals surface area contributed by atoms with Crippen molar-refractivity contribution < 1.29 is 9.53 Å². The Morgan fingerprint density at radius 1 is 1.00 bits per heavy atom. The zero-order valence-corrected chi connectivity index (χ0v) is 14.5. The van der Waals surface area contributed by atoms with E-state index in [0.717, 1.165) is 5.56 Å². The zero-order chi connectivity index (χ0) is 18.1. The molecule has 0 heterocycles. The van der Waals surface area contributed by atoms with Gasteiger partial charge in [0.25, 0.3) is 0 Å². The van der Waals surface area contributed by atoms with Crippen LogP contribution in [0.15, 0.2) is 66.7 Å². The maximum Gasteiger partial charge on any atom is 0.411 e. The van der Waals surface area contributed by atoms with Crippen LogP contribution in [0.3, 0.4) is 0 Å². The molecule has 1 aliphatic rings. The fourth-order valence-electron chi connectivity index (χ4n) is 3.52. The molecule has 0 radical (unpaired) electrons. The van der Waals surface area contributed by atoms with Crippen LogP contribution >= 0.6 is 0 Å². The normalized spacial score (nSPS) is 12.3. The van der Waals surface area contributed by atoms with Crippen molar-refractivity contribution in [3.63, 3.8) is 0 Å². The Balaban J connectivity index is 1.51. The second-order valence-electron chi connectivity index (χ2n) is 6.52. The Kier molecular flexibility index (Phi) is 4.09. The molecular weight excluding hydrogens is 324 g/mol. The first kappa shape index (κ1) is 16.2. The highest BCUT2D eigenvalue weighted by Crippen LogP contribution is 2.44. The van der Waals surface area contributed by atoms with Crippen molar-refractivity contribution in [3.05, 3.63) is 83.4 Å². The van der Waals surface area contributed by atoms with E-state index in [1.165, 1.54) is 22.3 Å². The van der Waals surface area contributed by atoms with Crippen LogP contribution in [-0.2, 0) is 4.74 Å². The third-order valence-corrected chi connectivity index (χ3v) is 4.84. The van der Waals surface area contributed by atoms with Gasteiger partial charge in [-0.15, -0.1) is 0 Å².